The van der Waals surface area contributed by atoms with Crippen LogP contribution in [0.5, 0.6) is 0 Å². The lowest BCUT2D eigenvalue weighted by Gasteiger charge is -2.24. The molecule has 108 valence electrons. The summed E-state index contributed by atoms with van der Waals surface area (Å²) in [6, 6.07) is 6.46. The van der Waals surface area contributed by atoms with Crippen LogP contribution in [-0.4, -0.2) is 47.3 Å². The number of hydrogen-bond donors (Lipinski definition) is 0. The minimum absolute atomic E-state index is 0.986. The van der Waals surface area contributed by atoms with Crippen molar-refractivity contribution in [1.29, 1.82) is 0 Å². The van der Waals surface area contributed by atoms with Crippen LogP contribution >= 0.6 is 0 Å². The van der Waals surface area contributed by atoms with E-state index in [4.69, 9.17) is 4.98 Å². The number of anilines is 3. The molecule has 0 saturated carbocycles. The highest BCUT2D eigenvalue weighted by Gasteiger charge is 2.15. The van der Waals surface area contributed by atoms with Crippen molar-refractivity contribution < 1.29 is 0 Å². The largest absolute Gasteiger partial charge is 0.377 e. The average molecular weight is 272 g/mol. The molecule has 0 N–H and O–H groups in total. The van der Waals surface area contributed by atoms with Gasteiger partial charge in [0.25, 0.3) is 0 Å². The first-order chi connectivity index (χ1) is 9.32. The van der Waals surface area contributed by atoms with E-state index in [-0.39, 0.29) is 0 Å². The Bertz CT molecular complexity index is 630. The predicted octanol–water partition coefficient (Wildman–Crippen LogP) is 2.74. The highest BCUT2D eigenvalue weighted by atomic mass is 15.2. The molecule has 2 aromatic rings. The number of benzene rings is 1. The van der Waals surface area contributed by atoms with Gasteiger partial charge >= 0.3 is 0 Å². The molecule has 0 aliphatic heterocycles. The summed E-state index contributed by atoms with van der Waals surface area (Å²) >= 11 is 0. The Morgan fingerprint density at radius 2 is 1.40 bits per heavy atom. The molecule has 0 radical (unpaired) electrons. The van der Waals surface area contributed by atoms with Crippen LogP contribution in [0.1, 0.15) is 5.56 Å². The van der Waals surface area contributed by atoms with Gasteiger partial charge in [0.1, 0.15) is 5.82 Å². The molecule has 1 aromatic carbocycles. The number of nitrogens with zero attached hydrogens (tertiary/aromatic N) is 4. The molecule has 0 aliphatic carbocycles. The number of pyridine rings is 1. The highest BCUT2D eigenvalue weighted by molar-refractivity contribution is 6.04. The summed E-state index contributed by atoms with van der Waals surface area (Å²) in [5.74, 6) is 0.986. The molecule has 0 amide bonds. The maximum absolute atomic E-state index is 4.83. The Hall–Kier alpha value is -1.97. The van der Waals surface area contributed by atoms with Crippen LogP contribution in [0.4, 0.5) is 17.2 Å². The number of hydrogen-bond acceptors (Lipinski definition) is 4. The normalized spacial score (nSPS) is 10.8. The van der Waals surface area contributed by atoms with Crippen molar-refractivity contribution in [2.75, 3.05) is 57.0 Å². The number of aryl methyl sites for hydroxylation is 1. The molecule has 4 heteroatoms. The van der Waals surface area contributed by atoms with Gasteiger partial charge in [-0.25, -0.2) is 4.98 Å². The van der Waals surface area contributed by atoms with E-state index in [1.165, 1.54) is 22.3 Å². The van der Waals surface area contributed by atoms with Crippen LogP contribution in [0, 0.1) is 6.92 Å². The van der Waals surface area contributed by atoms with Crippen molar-refractivity contribution in [2.45, 2.75) is 6.92 Å². The van der Waals surface area contributed by atoms with Crippen molar-refractivity contribution in [1.82, 2.24) is 4.98 Å². The minimum atomic E-state index is 0.986. The highest BCUT2D eigenvalue weighted by Crippen LogP contribution is 2.36. The fourth-order valence-electron chi connectivity index (χ4n) is 2.38. The summed E-state index contributed by atoms with van der Waals surface area (Å²) in [7, 11) is 12.4. The summed E-state index contributed by atoms with van der Waals surface area (Å²) in [6.07, 6.45) is 0. The first-order valence-electron chi connectivity index (χ1n) is 6.79. The zero-order chi connectivity index (χ0) is 15.0. The molecule has 2 rings (SSSR count). The smallest absolute Gasteiger partial charge is 0.130 e. The Labute approximate surface area is 121 Å². The van der Waals surface area contributed by atoms with Gasteiger partial charge in [-0.2, -0.15) is 0 Å². The third-order valence-corrected chi connectivity index (χ3v) is 3.53. The van der Waals surface area contributed by atoms with Gasteiger partial charge in [-0.05, 0) is 18.6 Å². The molecule has 0 fully saturated rings. The van der Waals surface area contributed by atoms with E-state index in [9.17, 15) is 0 Å². The second kappa shape index (κ2) is 5.19. The van der Waals surface area contributed by atoms with Crippen LogP contribution in [0.2, 0.25) is 0 Å². The maximum atomic E-state index is 4.83. The Balaban J connectivity index is 2.92. The van der Waals surface area contributed by atoms with Crippen molar-refractivity contribution in [3.05, 3.63) is 23.8 Å². The molecule has 20 heavy (non-hydrogen) atoms. The Morgan fingerprint density at radius 1 is 0.800 bits per heavy atom. The van der Waals surface area contributed by atoms with Gasteiger partial charge in [-0.15, -0.1) is 0 Å². The molecule has 0 unspecified atom stereocenters. The lowest BCUT2D eigenvalue weighted by atomic mass is 10.1. The van der Waals surface area contributed by atoms with Crippen molar-refractivity contribution in [2.24, 2.45) is 0 Å². The van der Waals surface area contributed by atoms with E-state index >= 15 is 0 Å². The van der Waals surface area contributed by atoms with Crippen molar-refractivity contribution in [3.8, 4) is 0 Å². The lowest BCUT2D eigenvalue weighted by molar-refractivity contribution is 1.06. The van der Waals surface area contributed by atoms with Gasteiger partial charge in [-0.3, -0.25) is 0 Å². The summed E-state index contributed by atoms with van der Waals surface area (Å²) in [4.78, 5) is 11.2. The monoisotopic (exact) mass is 272 g/mol. The molecule has 1 heterocycles. The SMILES string of the molecule is Cc1ccc(N(C)C)c2c(N(C)C)cc(N(C)C)nc12. The summed E-state index contributed by atoms with van der Waals surface area (Å²) < 4.78 is 0. The van der Waals surface area contributed by atoms with Gasteiger partial charge in [0.15, 0.2) is 0 Å². The van der Waals surface area contributed by atoms with Crippen molar-refractivity contribution >= 4 is 28.1 Å². The summed E-state index contributed by atoms with van der Waals surface area (Å²) in [6.45, 7) is 2.12. The van der Waals surface area contributed by atoms with E-state index in [0.717, 1.165) is 11.3 Å². The first-order valence-corrected chi connectivity index (χ1v) is 6.79. The van der Waals surface area contributed by atoms with Crippen LogP contribution in [0.25, 0.3) is 10.9 Å². The predicted molar refractivity (Wildman–Crippen MR) is 89.5 cm³/mol. The number of aromatic nitrogens is 1. The molecule has 0 bridgehead atoms. The lowest BCUT2D eigenvalue weighted by Crippen LogP contribution is -2.17. The van der Waals surface area contributed by atoms with Crippen LogP contribution < -0.4 is 14.7 Å². The third kappa shape index (κ3) is 2.38. The summed E-state index contributed by atoms with van der Waals surface area (Å²) in [5, 5.41) is 1.21. The van der Waals surface area contributed by atoms with Gasteiger partial charge in [0.2, 0.25) is 0 Å². The fraction of sp³-hybridized carbons (Fsp3) is 0.438. The molecule has 0 spiro atoms. The summed E-state index contributed by atoms with van der Waals surface area (Å²) in [5.41, 5.74) is 4.68. The Kier molecular flexibility index (Phi) is 3.75. The van der Waals surface area contributed by atoms with E-state index in [1.807, 2.05) is 19.0 Å². The van der Waals surface area contributed by atoms with Crippen LogP contribution in [0.15, 0.2) is 18.2 Å². The van der Waals surface area contributed by atoms with Crippen LogP contribution in [0.3, 0.4) is 0 Å². The Morgan fingerprint density at radius 3 is 1.90 bits per heavy atom. The maximum Gasteiger partial charge on any atom is 0.130 e. The second-order valence-electron chi connectivity index (χ2n) is 5.81. The topological polar surface area (TPSA) is 22.6 Å². The minimum Gasteiger partial charge on any atom is -0.377 e. The second-order valence-corrected chi connectivity index (χ2v) is 5.81. The van der Waals surface area contributed by atoms with Crippen LogP contribution in [-0.2, 0) is 0 Å². The number of fused-ring (bicyclic) bond motifs is 1. The van der Waals surface area contributed by atoms with Crippen molar-refractivity contribution in [3.63, 3.8) is 0 Å². The van der Waals surface area contributed by atoms with E-state index in [2.05, 4.69) is 63.1 Å². The molecule has 0 aliphatic rings. The van der Waals surface area contributed by atoms with E-state index < -0.39 is 0 Å². The van der Waals surface area contributed by atoms with E-state index in [0.29, 0.717) is 0 Å². The third-order valence-electron chi connectivity index (χ3n) is 3.53. The molecule has 0 saturated heterocycles. The molecular formula is C16H24N4. The zero-order valence-corrected chi connectivity index (χ0v) is 13.5. The molecule has 0 atom stereocenters. The fourth-order valence-corrected chi connectivity index (χ4v) is 2.38. The zero-order valence-electron chi connectivity index (χ0n) is 13.5. The number of rotatable bonds is 3. The van der Waals surface area contributed by atoms with Gasteiger partial charge in [0, 0.05) is 59.4 Å². The average Bonchev–Trinajstić information content (AvgIpc) is 2.37. The first kappa shape index (κ1) is 14.4. The quantitative estimate of drug-likeness (QED) is 0.857. The van der Waals surface area contributed by atoms with Gasteiger partial charge in [-0.1, -0.05) is 6.07 Å². The molecule has 4 nitrogen and oxygen atoms in total. The molecular weight excluding hydrogens is 248 g/mol. The molecule has 1 aromatic heterocycles. The van der Waals surface area contributed by atoms with Gasteiger partial charge < -0.3 is 14.7 Å². The van der Waals surface area contributed by atoms with E-state index in [1.54, 1.807) is 0 Å². The standard InChI is InChI=1S/C16H24N4/c1-11-8-9-12(18(2)3)15-13(19(4)5)10-14(20(6)7)17-16(11)15/h8-10H,1-7H3. The van der Waals surface area contributed by atoms with Gasteiger partial charge in [0.05, 0.1) is 11.2 Å².